The van der Waals surface area contributed by atoms with Gasteiger partial charge in [-0.05, 0) is 47.1 Å². The summed E-state index contributed by atoms with van der Waals surface area (Å²) < 4.78 is 6.28. The van der Waals surface area contributed by atoms with Gasteiger partial charge in [0.1, 0.15) is 0 Å². The van der Waals surface area contributed by atoms with Crippen molar-refractivity contribution in [2.24, 2.45) is 5.10 Å². The van der Waals surface area contributed by atoms with Gasteiger partial charge in [-0.2, -0.15) is 5.10 Å². The summed E-state index contributed by atoms with van der Waals surface area (Å²) in [5.41, 5.74) is 3.10. The van der Waals surface area contributed by atoms with E-state index in [0.29, 0.717) is 14.7 Å². The third kappa shape index (κ3) is 3.22. The zero-order valence-electron chi connectivity index (χ0n) is 9.24. The first-order valence-corrected chi connectivity index (χ1v) is 6.90. The molecule has 0 aliphatic carbocycles. The van der Waals surface area contributed by atoms with Crippen LogP contribution in [0.5, 0.6) is 0 Å². The molecular weight excluding hydrogens is 340 g/mol. The molecule has 2 aromatic rings. The van der Waals surface area contributed by atoms with Gasteiger partial charge in [0.05, 0.1) is 14.9 Å². The van der Waals surface area contributed by atoms with Gasteiger partial charge in [-0.15, -0.1) is 11.3 Å². The maximum absolute atomic E-state index is 11.6. The van der Waals surface area contributed by atoms with Gasteiger partial charge in [-0.3, -0.25) is 4.79 Å². The first kappa shape index (κ1) is 13.3. The fraction of sp³-hybridized carbons (Fsp3) is 0.0909. The number of furan rings is 1. The highest BCUT2D eigenvalue weighted by molar-refractivity contribution is 9.10. The van der Waals surface area contributed by atoms with Crippen LogP contribution in [-0.2, 0) is 0 Å². The van der Waals surface area contributed by atoms with Crippen LogP contribution in [0.3, 0.4) is 0 Å². The van der Waals surface area contributed by atoms with Gasteiger partial charge in [0, 0.05) is 0 Å². The van der Waals surface area contributed by atoms with Gasteiger partial charge in [0.15, 0.2) is 10.4 Å². The second-order valence-corrected chi connectivity index (χ2v) is 5.84. The number of amides is 1. The van der Waals surface area contributed by atoms with Crippen LogP contribution in [0.25, 0.3) is 0 Å². The zero-order chi connectivity index (χ0) is 13.1. The first-order valence-electron chi connectivity index (χ1n) is 4.92. The number of hydrogen-bond donors (Lipinski definition) is 1. The Balaban J connectivity index is 2.04. The molecule has 2 aromatic heterocycles. The van der Waals surface area contributed by atoms with Crippen molar-refractivity contribution in [2.75, 3.05) is 0 Å². The second-order valence-electron chi connectivity index (χ2n) is 3.35. The molecule has 0 aromatic carbocycles. The summed E-state index contributed by atoms with van der Waals surface area (Å²) in [6.45, 7) is 1.79. The molecular formula is C11H8BrClN2O2S. The van der Waals surface area contributed by atoms with E-state index >= 15 is 0 Å². The molecule has 2 rings (SSSR count). The third-order valence-corrected chi connectivity index (χ3v) is 3.82. The lowest BCUT2D eigenvalue weighted by atomic mass is 10.3. The molecule has 0 atom stereocenters. The topological polar surface area (TPSA) is 54.6 Å². The van der Waals surface area contributed by atoms with E-state index in [2.05, 4.69) is 26.5 Å². The molecule has 1 N–H and O–H groups in total. The van der Waals surface area contributed by atoms with Crippen LogP contribution in [0.15, 0.2) is 38.5 Å². The summed E-state index contributed by atoms with van der Waals surface area (Å²) in [5, 5.41) is 3.99. The lowest BCUT2D eigenvalue weighted by Gasteiger charge is -1.98. The number of hydrazone groups is 1. The van der Waals surface area contributed by atoms with Gasteiger partial charge < -0.3 is 4.42 Å². The van der Waals surface area contributed by atoms with Crippen molar-refractivity contribution in [3.63, 3.8) is 0 Å². The Labute approximate surface area is 121 Å². The SMILES string of the molecule is C/C(=N/NC(=O)c1ccc(Br)o1)c1ccc(Cl)s1. The molecule has 0 fully saturated rings. The molecule has 0 aliphatic rings. The average molecular weight is 348 g/mol. The van der Waals surface area contributed by atoms with Gasteiger partial charge in [-0.1, -0.05) is 11.6 Å². The lowest BCUT2D eigenvalue weighted by Crippen LogP contribution is -2.18. The molecule has 0 spiro atoms. The Hall–Kier alpha value is -1.11. The highest BCUT2D eigenvalue weighted by atomic mass is 79.9. The molecule has 0 aliphatic heterocycles. The number of nitrogens with one attached hydrogen (secondary N) is 1. The first-order chi connectivity index (χ1) is 8.56. The second kappa shape index (κ2) is 5.69. The van der Waals surface area contributed by atoms with Gasteiger partial charge in [-0.25, -0.2) is 5.43 Å². The highest BCUT2D eigenvalue weighted by Gasteiger charge is 2.09. The highest BCUT2D eigenvalue weighted by Crippen LogP contribution is 2.21. The van der Waals surface area contributed by atoms with Crippen LogP contribution >= 0.6 is 38.9 Å². The largest absolute Gasteiger partial charge is 0.444 e. The monoisotopic (exact) mass is 346 g/mol. The van der Waals surface area contributed by atoms with Crippen molar-refractivity contribution in [1.29, 1.82) is 0 Å². The van der Waals surface area contributed by atoms with E-state index in [4.69, 9.17) is 16.0 Å². The van der Waals surface area contributed by atoms with Gasteiger partial charge in [0.25, 0.3) is 0 Å². The number of nitrogens with zero attached hydrogens (tertiary/aromatic N) is 1. The molecule has 94 valence electrons. The van der Waals surface area contributed by atoms with Gasteiger partial charge >= 0.3 is 5.91 Å². The summed E-state index contributed by atoms with van der Waals surface area (Å²) in [7, 11) is 0. The van der Waals surface area contributed by atoms with E-state index in [0.717, 1.165) is 4.88 Å². The van der Waals surface area contributed by atoms with E-state index in [-0.39, 0.29) is 5.76 Å². The molecule has 0 radical (unpaired) electrons. The van der Waals surface area contributed by atoms with E-state index in [1.54, 1.807) is 25.1 Å². The predicted octanol–water partition coefficient (Wildman–Crippen LogP) is 3.91. The van der Waals surface area contributed by atoms with Crippen molar-refractivity contribution in [3.8, 4) is 0 Å². The summed E-state index contributed by atoms with van der Waals surface area (Å²) in [5.74, 6) is -0.203. The molecule has 7 heteroatoms. The number of thiophene rings is 1. The van der Waals surface area contributed by atoms with E-state index < -0.39 is 5.91 Å². The average Bonchev–Trinajstić information content (AvgIpc) is 2.94. The fourth-order valence-corrected chi connectivity index (χ4v) is 2.48. The zero-order valence-corrected chi connectivity index (χ0v) is 12.4. The van der Waals surface area contributed by atoms with Crippen LogP contribution in [-0.4, -0.2) is 11.6 Å². The van der Waals surface area contributed by atoms with E-state index in [1.165, 1.54) is 11.3 Å². The minimum atomic E-state index is -0.400. The molecule has 2 heterocycles. The van der Waals surface area contributed by atoms with Crippen LogP contribution < -0.4 is 5.43 Å². The van der Waals surface area contributed by atoms with Crippen molar-refractivity contribution in [3.05, 3.63) is 43.9 Å². The van der Waals surface area contributed by atoms with E-state index in [9.17, 15) is 4.79 Å². The fourth-order valence-electron chi connectivity index (χ4n) is 1.19. The molecule has 4 nitrogen and oxygen atoms in total. The van der Waals surface area contributed by atoms with Gasteiger partial charge in [0.2, 0.25) is 0 Å². The Kier molecular flexibility index (Phi) is 4.21. The Morgan fingerprint density at radius 1 is 1.44 bits per heavy atom. The molecule has 0 bridgehead atoms. The minimum absolute atomic E-state index is 0.197. The van der Waals surface area contributed by atoms with Crippen LogP contribution in [0.4, 0.5) is 0 Å². The smallest absolute Gasteiger partial charge is 0.307 e. The number of rotatable bonds is 3. The Morgan fingerprint density at radius 3 is 2.78 bits per heavy atom. The van der Waals surface area contributed by atoms with Crippen molar-refractivity contribution >= 4 is 50.5 Å². The summed E-state index contributed by atoms with van der Waals surface area (Å²) in [6, 6.07) is 6.84. The number of carbonyl (C=O) groups is 1. The van der Waals surface area contributed by atoms with Crippen LogP contribution in [0, 0.1) is 0 Å². The predicted molar refractivity (Wildman–Crippen MR) is 75.4 cm³/mol. The number of carbonyl (C=O) groups excluding carboxylic acids is 1. The van der Waals surface area contributed by atoms with Crippen molar-refractivity contribution in [2.45, 2.75) is 6.92 Å². The quantitative estimate of drug-likeness (QED) is 0.676. The maximum atomic E-state index is 11.6. The van der Waals surface area contributed by atoms with Crippen molar-refractivity contribution < 1.29 is 9.21 Å². The summed E-state index contributed by atoms with van der Waals surface area (Å²) in [6.07, 6.45) is 0. The lowest BCUT2D eigenvalue weighted by molar-refractivity contribution is 0.0926. The summed E-state index contributed by atoms with van der Waals surface area (Å²) >= 11 is 10.3. The van der Waals surface area contributed by atoms with Crippen molar-refractivity contribution in [1.82, 2.24) is 5.43 Å². The standard InChI is InChI=1S/C11H8BrClN2O2S/c1-6(8-3-5-10(13)18-8)14-15-11(16)7-2-4-9(12)17-7/h2-5H,1H3,(H,15,16)/b14-6-. The molecule has 0 unspecified atom stereocenters. The Morgan fingerprint density at radius 2 is 2.22 bits per heavy atom. The molecule has 0 saturated heterocycles. The summed E-state index contributed by atoms with van der Waals surface area (Å²) in [4.78, 5) is 12.5. The van der Waals surface area contributed by atoms with Crippen LogP contribution in [0.2, 0.25) is 4.34 Å². The van der Waals surface area contributed by atoms with E-state index in [1.807, 2.05) is 6.07 Å². The minimum Gasteiger partial charge on any atom is -0.444 e. The molecule has 1 amide bonds. The Bertz CT molecular complexity index is 606. The third-order valence-electron chi connectivity index (χ3n) is 2.05. The maximum Gasteiger partial charge on any atom is 0.307 e. The number of hydrogen-bond acceptors (Lipinski definition) is 4. The molecule has 18 heavy (non-hydrogen) atoms. The molecule has 0 saturated carbocycles. The number of halogens is 2. The normalized spacial score (nSPS) is 11.6. The van der Waals surface area contributed by atoms with Crippen LogP contribution in [0.1, 0.15) is 22.4 Å².